The minimum absolute atomic E-state index is 0.0207. The Morgan fingerprint density at radius 1 is 1.14 bits per heavy atom. The SMILES string of the molecule is Nc1cc(C(=O)O)ccc1Oc1cccc(C(F)(F)F)c1. The first-order valence-corrected chi connectivity index (χ1v) is 5.75. The molecule has 0 fully saturated rings. The number of carbonyl (C=O) groups is 1. The molecular weight excluding hydrogens is 287 g/mol. The zero-order valence-corrected chi connectivity index (χ0v) is 10.5. The number of carboxylic acid groups (broad SMARTS) is 1. The number of ether oxygens (including phenoxy) is 1. The molecular formula is C14H10F3NO3. The summed E-state index contributed by atoms with van der Waals surface area (Å²) in [5.74, 6) is -1.12. The van der Waals surface area contributed by atoms with Crippen LogP contribution in [0.2, 0.25) is 0 Å². The molecule has 0 saturated carbocycles. The van der Waals surface area contributed by atoms with E-state index in [-0.39, 0.29) is 22.7 Å². The average Bonchev–Trinajstić information content (AvgIpc) is 2.40. The van der Waals surface area contributed by atoms with Gasteiger partial charge in [0.15, 0.2) is 0 Å². The van der Waals surface area contributed by atoms with Crippen LogP contribution in [0.15, 0.2) is 42.5 Å². The largest absolute Gasteiger partial charge is 0.478 e. The molecule has 21 heavy (non-hydrogen) atoms. The van der Waals surface area contributed by atoms with E-state index < -0.39 is 17.7 Å². The Kier molecular flexibility index (Phi) is 3.75. The Bertz CT molecular complexity index is 683. The fraction of sp³-hybridized carbons (Fsp3) is 0.0714. The van der Waals surface area contributed by atoms with Crippen molar-refractivity contribution in [2.24, 2.45) is 0 Å². The molecule has 0 radical (unpaired) electrons. The second kappa shape index (κ2) is 5.35. The highest BCUT2D eigenvalue weighted by Gasteiger charge is 2.30. The minimum atomic E-state index is -4.47. The van der Waals surface area contributed by atoms with Crippen molar-refractivity contribution in [1.82, 2.24) is 0 Å². The zero-order valence-electron chi connectivity index (χ0n) is 10.5. The number of rotatable bonds is 3. The second-order valence-corrected chi connectivity index (χ2v) is 4.19. The maximum Gasteiger partial charge on any atom is 0.416 e. The van der Waals surface area contributed by atoms with Crippen molar-refractivity contribution < 1.29 is 27.8 Å². The Balaban J connectivity index is 2.28. The Morgan fingerprint density at radius 3 is 2.43 bits per heavy atom. The van der Waals surface area contributed by atoms with Crippen LogP contribution in [0, 0.1) is 0 Å². The molecule has 0 spiro atoms. The molecule has 3 N–H and O–H groups in total. The molecule has 110 valence electrons. The fourth-order valence-corrected chi connectivity index (χ4v) is 1.64. The normalized spacial score (nSPS) is 11.2. The van der Waals surface area contributed by atoms with Crippen LogP contribution in [0.5, 0.6) is 11.5 Å². The van der Waals surface area contributed by atoms with Gasteiger partial charge in [-0.1, -0.05) is 6.07 Å². The summed E-state index contributed by atoms with van der Waals surface area (Å²) in [6.45, 7) is 0. The number of benzene rings is 2. The first-order chi connectivity index (χ1) is 9.77. The number of nitrogen functional groups attached to an aromatic ring is 1. The first-order valence-electron chi connectivity index (χ1n) is 5.75. The van der Waals surface area contributed by atoms with Crippen LogP contribution >= 0.6 is 0 Å². The number of halogens is 3. The molecule has 0 aliphatic carbocycles. The molecule has 2 rings (SSSR count). The second-order valence-electron chi connectivity index (χ2n) is 4.19. The summed E-state index contributed by atoms with van der Waals surface area (Å²) >= 11 is 0. The molecule has 0 amide bonds. The van der Waals surface area contributed by atoms with E-state index in [9.17, 15) is 18.0 Å². The van der Waals surface area contributed by atoms with Gasteiger partial charge in [-0.25, -0.2) is 4.79 Å². The lowest BCUT2D eigenvalue weighted by molar-refractivity contribution is -0.137. The summed E-state index contributed by atoms with van der Waals surface area (Å²) in [7, 11) is 0. The van der Waals surface area contributed by atoms with Gasteiger partial charge < -0.3 is 15.6 Å². The smallest absolute Gasteiger partial charge is 0.416 e. The van der Waals surface area contributed by atoms with E-state index in [4.69, 9.17) is 15.6 Å². The highest BCUT2D eigenvalue weighted by atomic mass is 19.4. The maximum atomic E-state index is 12.6. The van der Waals surface area contributed by atoms with Gasteiger partial charge in [-0.05, 0) is 36.4 Å². The van der Waals surface area contributed by atoms with E-state index in [0.717, 1.165) is 12.1 Å². The standard InChI is InChI=1S/C14H10F3NO3/c15-14(16,17)9-2-1-3-10(7-9)21-12-5-4-8(13(19)20)6-11(12)18/h1-7H,18H2,(H,19,20). The van der Waals surface area contributed by atoms with Gasteiger partial charge in [-0.15, -0.1) is 0 Å². The summed E-state index contributed by atoms with van der Waals surface area (Å²) in [5, 5.41) is 8.79. The summed E-state index contributed by atoms with van der Waals surface area (Å²) in [6, 6.07) is 8.03. The molecule has 0 saturated heterocycles. The number of hydrogen-bond acceptors (Lipinski definition) is 3. The third-order valence-electron chi connectivity index (χ3n) is 2.65. The van der Waals surface area contributed by atoms with E-state index >= 15 is 0 Å². The van der Waals surface area contributed by atoms with Crippen molar-refractivity contribution in [3.63, 3.8) is 0 Å². The summed E-state index contributed by atoms with van der Waals surface area (Å²) in [5.41, 5.74) is 4.76. The van der Waals surface area contributed by atoms with Gasteiger partial charge in [0, 0.05) is 0 Å². The maximum absolute atomic E-state index is 12.6. The van der Waals surface area contributed by atoms with E-state index in [1.807, 2.05) is 0 Å². The third kappa shape index (κ3) is 3.44. The van der Waals surface area contributed by atoms with Crippen molar-refractivity contribution in [3.05, 3.63) is 53.6 Å². The van der Waals surface area contributed by atoms with Gasteiger partial charge in [-0.2, -0.15) is 13.2 Å². The predicted octanol–water partition coefficient (Wildman–Crippen LogP) is 3.78. The molecule has 2 aromatic rings. The quantitative estimate of drug-likeness (QED) is 0.846. The van der Waals surface area contributed by atoms with Gasteiger partial charge in [0.1, 0.15) is 11.5 Å². The molecule has 0 aromatic heterocycles. The molecule has 2 aromatic carbocycles. The van der Waals surface area contributed by atoms with Crippen molar-refractivity contribution in [3.8, 4) is 11.5 Å². The van der Waals surface area contributed by atoms with Crippen molar-refractivity contribution >= 4 is 11.7 Å². The van der Waals surface area contributed by atoms with Crippen LogP contribution in [-0.2, 0) is 6.18 Å². The molecule has 0 heterocycles. The summed E-state index contributed by atoms with van der Waals surface area (Å²) in [6.07, 6.45) is -4.47. The van der Waals surface area contributed by atoms with Crippen LogP contribution in [0.4, 0.5) is 18.9 Å². The van der Waals surface area contributed by atoms with Crippen LogP contribution in [0.3, 0.4) is 0 Å². The number of alkyl halides is 3. The average molecular weight is 297 g/mol. The number of nitrogens with two attached hydrogens (primary N) is 1. The van der Waals surface area contributed by atoms with Crippen molar-refractivity contribution in [2.45, 2.75) is 6.18 Å². The van der Waals surface area contributed by atoms with Gasteiger partial charge in [-0.3, -0.25) is 0 Å². The van der Waals surface area contributed by atoms with E-state index in [1.54, 1.807) is 0 Å². The molecule has 0 unspecified atom stereocenters. The monoisotopic (exact) mass is 297 g/mol. The van der Waals surface area contributed by atoms with E-state index in [1.165, 1.54) is 30.3 Å². The predicted molar refractivity (Wildman–Crippen MR) is 69.3 cm³/mol. The molecule has 4 nitrogen and oxygen atoms in total. The Labute approximate surface area is 117 Å². The summed E-state index contributed by atoms with van der Waals surface area (Å²) < 4.78 is 43.0. The fourth-order valence-electron chi connectivity index (χ4n) is 1.64. The first kappa shape index (κ1) is 14.7. The molecule has 0 aliphatic heterocycles. The Morgan fingerprint density at radius 2 is 1.86 bits per heavy atom. The number of aromatic carboxylic acids is 1. The number of carboxylic acids is 1. The lowest BCUT2D eigenvalue weighted by atomic mass is 10.2. The minimum Gasteiger partial charge on any atom is -0.478 e. The Hall–Kier alpha value is -2.70. The van der Waals surface area contributed by atoms with Gasteiger partial charge >= 0.3 is 12.1 Å². The van der Waals surface area contributed by atoms with Gasteiger partial charge in [0.05, 0.1) is 16.8 Å². The zero-order chi connectivity index (χ0) is 15.6. The van der Waals surface area contributed by atoms with Crippen LogP contribution in [0.25, 0.3) is 0 Å². The van der Waals surface area contributed by atoms with Crippen molar-refractivity contribution in [1.29, 1.82) is 0 Å². The van der Waals surface area contributed by atoms with Crippen molar-refractivity contribution in [2.75, 3.05) is 5.73 Å². The van der Waals surface area contributed by atoms with Crippen LogP contribution in [-0.4, -0.2) is 11.1 Å². The summed E-state index contributed by atoms with van der Waals surface area (Å²) in [4.78, 5) is 10.8. The lowest BCUT2D eigenvalue weighted by Gasteiger charge is -2.11. The lowest BCUT2D eigenvalue weighted by Crippen LogP contribution is -2.04. The van der Waals surface area contributed by atoms with Gasteiger partial charge in [0.2, 0.25) is 0 Å². The molecule has 0 aliphatic rings. The van der Waals surface area contributed by atoms with E-state index in [2.05, 4.69) is 0 Å². The highest BCUT2D eigenvalue weighted by molar-refractivity contribution is 5.89. The highest BCUT2D eigenvalue weighted by Crippen LogP contribution is 2.34. The third-order valence-corrected chi connectivity index (χ3v) is 2.65. The topological polar surface area (TPSA) is 72.6 Å². The van der Waals surface area contributed by atoms with Crippen LogP contribution < -0.4 is 10.5 Å². The number of hydrogen-bond donors (Lipinski definition) is 2. The molecule has 0 bridgehead atoms. The number of anilines is 1. The molecule has 7 heteroatoms. The van der Waals surface area contributed by atoms with Crippen LogP contribution in [0.1, 0.15) is 15.9 Å². The van der Waals surface area contributed by atoms with Gasteiger partial charge in [0.25, 0.3) is 0 Å². The molecule has 0 atom stereocenters. The van der Waals surface area contributed by atoms with E-state index in [0.29, 0.717) is 0 Å².